The van der Waals surface area contributed by atoms with E-state index in [4.69, 9.17) is 22.5 Å². The van der Waals surface area contributed by atoms with Gasteiger partial charge >= 0.3 is 0 Å². The molecule has 0 unspecified atom stereocenters. The second kappa shape index (κ2) is 6.10. The molecule has 0 fully saturated rings. The van der Waals surface area contributed by atoms with Gasteiger partial charge < -0.3 is 21.2 Å². The summed E-state index contributed by atoms with van der Waals surface area (Å²) >= 11 is 5.87. The number of pyridine rings is 1. The van der Waals surface area contributed by atoms with Crippen molar-refractivity contribution in [2.45, 2.75) is 0 Å². The molecule has 1 heterocycles. The zero-order valence-electron chi connectivity index (χ0n) is 10.6. The Morgan fingerprint density at radius 1 is 1.33 bits per heavy atom. The smallest absolute Gasteiger partial charge is 0.257 e. The summed E-state index contributed by atoms with van der Waals surface area (Å²) < 4.78 is 0. The molecule has 1 aromatic heterocycles. The molecule has 0 aliphatic rings. The Morgan fingerprint density at radius 3 is 2.71 bits per heavy atom. The van der Waals surface area contributed by atoms with E-state index < -0.39 is 5.91 Å². The van der Waals surface area contributed by atoms with Crippen molar-refractivity contribution >= 4 is 29.0 Å². The molecule has 0 saturated heterocycles. The molecule has 2 rings (SSSR count). The van der Waals surface area contributed by atoms with Crippen molar-refractivity contribution in [3.05, 3.63) is 63.0 Å². The summed E-state index contributed by atoms with van der Waals surface area (Å²) in [5, 5.41) is 14.6. The second-order valence-electron chi connectivity index (χ2n) is 4.07. The number of amidine groups is 1. The summed E-state index contributed by atoms with van der Waals surface area (Å²) in [5.74, 6) is -0.635. The minimum Gasteiger partial charge on any atom is -0.409 e. The van der Waals surface area contributed by atoms with Crippen LogP contribution in [0.25, 0.3) is 0 Å². The third kappa shape index (κ3) is 3.40. The lowest BCUT2D eigenvalue weighted by molar-refractivity contribution is 0.102. The molecule has 0 bridgehead atoms. The highest BCUT2D eigenvalue weighted by Crippen LogP contribution is 2.21. The summed E-state index contributed by atoms with van der Waals surface area (Å²) in [6.45, 7) is 0. The average Bonchev–Trinajstić information content (AvgIpc) is 2.47. The number of nitrogens with zero attached hydrogens (tertiary/aromatic N) is 1. The van der Waals surface area contributed by atoms with E-state index in [9.17, 15) is 9.59 Å². The molecule has 21 heavy (non-hydrogen) atoms. The van der Waals surface area contributed by atoms with Crippen LogP contribution < -0.4 is 16.6 Å². The molecule has 2 aromatic rings. The van der Waals surface area contributed by atoms with Crippen molar-refractivity contribution in [1.82, 2.24) is 4.98 Å². The molecule has 1 amide bonds. The van der Waals surface area contributed by atoms with Gasteiger partial charge in [-0.1, -0.05) is 16.8 Å². The summed E-state index contributed by atoms with van der Waals surface area (Å²) in [6, 6.07) is 7.14. The van der Waals surface area contributed by atoms with Gasteiger partial charge in [0.05, 0.1) is 11.3 Å². The highest BCUT2D eigenvalue weighted by atomic mass is 35.5. The number of halogens is 1. The largest absolute Gasteiger partial charge is 0.409 e. The van der Waals surface area contributed by atoms with Crippen LogP contribution in [-0.4, -0.2) is 21.9 Å². The molecule has 0 spiro atoms. The molecule has 5 N–H and O–H groups in total. The third-order valence-corrected chi connectivity index (χ3v) is 2.89. The first-order valence-electron chi connectivity index (χ1n) is 5.79. The number of carbonyl (C=O) groups is 1. The lowest BCUT2D eigenvalue weighted by atomic mass is 10.1. The fourth-order valence-corrected chi connectivity index (χ4v) is 1.82. The lowest BCUT2D eigenvalue weighted by Gasteiger charge is -2.10. The van der Waals surface area contributed by atoms with Gasteiger partial charge in [0.1, 0.15) is 0 Å². The number of nitrogens with two attached hydrogens (primary N) is 1. The van der Waals surface area contributed by atoms with Gasteiger partial charge in [0.2, 0.25) is 5.56 Å². The van der Waals surface area contributed by atoms with Crippen molar-refractivity contribution in [2.24, 2.45) is 10.9 Å². The van der Waals surface area contributed by atoms with Crippen LogP contribution >= 0.6 is 11.6 Å². The minimum atomic E-state index is -0.472. The Labute approximate surface area is 124 Å². The van der Waals surface area contributed by atoms with Gasteiger partial charge in [0.25, 0.3) is 5.91 Å². The molecule has 0 saturated carbocycles. The molecule has 108 valence electrons. The minimum absolute atomic E-state index is 0.163. The molecule has 0 radical (unpaired) electrons. The molecule has 7 nitrogen and oxygen atoms in total. The first kappa shape index (κ1) is 14.6. The van der Waals surface area contributed by atoms with Gasteiger partial charge in [-0.05, 0) is 24.3 Å². The van der Waals surface area contributed by atoms with Crippen molar-refractivity contribution < 1.29 is 10.0 Å². The van der Waals surface area contributed by atoms with E-state index in [0.717, 1.165) is 0 Å². The van der Waals surface area contributed by atoms with E-state index in [1.807, 2.05) is 0 Å². The van der Waals surface area contributed by atoms with Crippen molar-refractivity contribution in [2.75, 3.05) is 5.32 Å². The van der Waals surface area contributed by atoms with Gasteiger partial charge in [0, 0.05) is 22.8 Å². The third-order valence-electron chi connectivity index (χ3n) is 2.66. The number of nitrogens with one attached hydrogen (secondary N) is 2. The fourth-order valence-electron chi connectivity index (χ4n) is 1.64. The number of H-pyrrole nitrogens is 1. The van der Waals surface area contributed by atoms with E-state index in [0.29, 0.717) is 10.6 Å². The van der Waals surface area contributed by atoms with Crippen molar-refractivity contribution in [3.63, 3.8) is 0 Å². The van der Waals surface area contributed by atoms with E-state index in [1.54, 1.807) is 6.07 Å². The van der Waals surface area contributed by atoms with E-state index >= 15 is 0 Å². The van der Waals surface area contributed by atoms with E-state index in [-0.39, 0.29) is 22.6 Å². The zero-order valence-corrected chi connectivity index (χ0v) is 11.4. The number of aromatic nitrogens is 1. The lowest BCUT2D eigenvalue weighted by Crippen LogP contribution is -2.20. The first-order valence-corrected chi connectivity index (χ1v) is 6.16. The summed E-state index contributed by atoms with van der Waals surface area (Å²) in [5.41, 5.74) is 6.08. The Kier molecular flexibility index (Phi) is 4.24. The van der Waals surface area contributed by atoms with E-state index in [2.05, 4.69) is 15.5 Å². The molecule has 0 aliphatic heterocycles. The monoisotopic (exact) mass is 306 g/mol. The quantitative estimate of drug-likeness (QED) is 0.296. The number of aromatic amines is 1. The van der Waals surface area contributed by atoms with Gasteiger partial charge in [-0.25, -0.2) is 0 Å². The Morgan fingerprint density at radius 2 is 2.10 bits per heavy atom. The number of amides is 1. The van der Waals surface area contributed by atoms with Crippen LogP contribution in [0.5, 0.6) is 0 Å². The number of benzene rings is 1. The predicted octanol–water partition coefficient (Wildman–Crippen LogP) is 1.38. The number of hydrogen-bond donors (Lipinski definition) is 4. The summed E-state index contributed by atoms with van der Waals surface area (Å²) in [6.07, 6.45) is 1.28. The number of anilines is 1. The molecular formula is C13H11ClN4O3. The average molecular weight is 307 g/mol. The highest BCUT2D eigenvalue weighted by Gasteiger charge is 2.12. The molecule has 8 heteroatoms. The van der Waals surface area contributed by atoms with Gasteiger partial charge in [-0.2, -0.15) is 0 Å². The van der Waals surface area contributed by atoms with Gasteiger partial charge in [-0.3, -0.25) is 9.59 Å². The van der Waals surface area contributed by atoms with E-state index in [1.165, 1.54) is 30.5 Å². The van der Waals surface area contributed by atoms with Crippen LogP contribution in [0.1, 0.15) is 15.9 Å². The number of rotatable bonds is 3. The number of oxime groups is 1. The first-order chi connectivity index (χ1) is 10.0. The number of carbonyl (C=O) groups excluding carboxylic acids is 1. The molecular weight excluding hydrogens is 296 g/mol. The van der Waals surface area contributed by atoms with Crippen molar-refractivity contribution in [3.8, 4) is 0 Å². The van der Waals surface area contributed by atoms with Crippen LogP contribution in [0.4, 0.5) is 5.69 Å². The van der Waals surface area contributed by atoms with Crippen LogP contribution in [-0.2, 0) is 0 Å². The van der Waals surface area contributed by atoms with Crippen LogP contribution in [0.3, 0.4) is 0 Å². The maximum atomic E-state index is 12.1. The van der Waals surface area contributed by atoms with Crippen LogP contribution in [0.15, 0.2) is 46.5 Å². The van der Waals surface area contributed by atoms with Gasteiger partial charge in [-0.15, -0.1) is 0 Å². The van der Waals surface area contributed by atoms with Crippen LogP contribution in [0, 0.1) is 0 Å². The predicted molar refractivity (Wildman–Crippen MR) is 79.0 cm³/mol. The standard InChI is InChI=1S/C13H11ClN4O3/c14-8-2-3-9(12(15)18-21)10(5-8)17-13(20)7-1-4-11(19)16-6-7/h1-6,21H,(H2,15,18)(H,16,19)(H,17,20). The normalized spacial score (nSPS) is 11.2. The molecule has 0 atom stereocenters. The topological polar surface area (TPSA) is 121 Å². The fraction of sp³-hybridized carbons (Fsp3) is 0. The zero-order chi connectivity index (χ0) is 15.4. The molecule has 1 aromatic carbocycles. The molecule has 0 aliphatic carbocycles. The Bertz CT molecular complexity index is 750. The van der Waals surface area contributed by atoms with Crippen LogP contribution in [0.2, 0.25) is 5.02 Å². The Hall–Kier alpha value is -2.80. The maximum Gasteiger partial charge on any atom is 0.257 e. The highest BCUT2D eigenvalue weighted by molar-refractivity contribution is 6.31. The number of hydrogen-bond acceptors (Lipinski definition) is 4. The SMILES string of the molecule is N/C(=N/O)c1ccc(Cl)cc1NC(=O)c1ccc(=O)[nH]c1. The second-order valence-corrected chi connectivity index (χ2v) is 4.51. The van der Waals surface area contributed by atoms with Crippen molar-refractivity contribution in [1.29, 1.82) is 0 Å². The van der Waals surface area contributed by atoms with Gasteiger partial charge in [0.15, 0.2) is 5.84 Å². The maximum absolute atomic E-state index is 12.1. The summed E-state index contributed by atoms with van der Waals surface area (Å²) in [7, 11) is 0. The Balaban J connectivity index is 2.34. The summed E-state index contributed by atoms with van der Waals surface area (Å²) in [4.78, 5) is 25.4.